The Morgan fingerprint density at radius 3 is 3.14 bits per heavy atom. The Morgan fingerprint density at radius 2 is 2.50 bits per heavy atom. The van der Waals surface area contributed by atoms with Crippen molar-refractivity contribution in [2.24, 2.45) is 0 Å². The number of nitriles is 1. The molecule has 0 aromatic carbocycles. The van der Waals surface area contributed by atoms with Crippen molar-refractivity contribution in [2.45, 2.75) is 13.3 Å². The van der Waals surface area contributed by atoms with Gasteiger partial charge < -0.3 is 5.32 Å². The second-order valence-electron chi connectivity index (χ2n) is 2.97. The molecule has 0 radical (unpaired) electrons. The van der Waals surface area contributed by atoms with Gasteiger partial charge in [-0.3, -0.25) is 0 Å². The van der Waals surface area contributed by atoms with E-state index in [4.69, 9.17) is 5.26 Å². The Labute approximate surface area is 84.1 Å². The fourth-order valence-corrected chi connectivity index (χ4v) is 0.982. The van der Waals surface area contributed by atoms with Crippen molar-refractivity contribution < 1.29 is 0 Å². The van der Waals surface area contributed by atoms with Gasteiger partial charge >= 0.3 is 0 Å². The summed E-state index contributed by atoms with van der Waals surface area (Å²) in [5.74, 6) is 0. The molecule has 0 amide bonds. The maximum atomic E-state index is 8.77. The molecule has 0 aliphatic heterocycles. The minimum absolute atomic E-state index is 0.427. The lowest BCUT2D eigenvalue weighted by Crippen LogP contribution is -2.05. The van der Waals surface area contributed by atoms with Crippen LogP contribution in [0.4, 0.5) is 5.69 Å². The molecule has 0 aliphatic carbocycles. The molecule has 1 heterocycles. The van der Waals surface area contributed by atoms with Crippen molar-refractivity contribution in [3.63, 3.8) is 0 Å². The molecule has 1 aromatic rings. The highest BCUT2D eigenvalue weighted by Crippen LogP contribution is 2.11. The zero-order valence-corrected chi connectivity index (χ0v) is 8.25. The number of hydrogen-bond acceptors (Lipinski definition) is 3. The number of hydrogen-bond donors (Lipinski definition) is 1. The summed E-state index contributed by atoms with van der Waals surface area (Å²) in [4.78, 5) is 3.95. The van der Waals surface area contributed by atoms with Crippen LogP contribution in [-0.2, 0) is 0 Å². The van der Waals surface area contributed by atoms with E-state index in [2.05, 4.69) is 23.8 Å². The van der Waals surface area contributed by atoms with Crippen molar-refractivity contribution in [3.8, 4) is 6.07 Å². The number of aromatic nitrogens is 1. The highest BCUT2D eigenvalue weighted by Gasteiger charge is 2.00. The normalized spacial score (nSPS) is 9.14. The summed E-state index contributed by atoms with van der Waals surface area (Å²) >= 11 is 0. The van der Waals surface area contributed by atoms with Crippen LogP contribution in [0.15, 0.2) is 30.5 Å². The second-order valence-corrected chi connectivity index (χ2v) is 2.97. The van der Waals surface area contributed by atoms with Gasteiger partial charge in [0, 0.05) is 12.7 Å². The molecule has 0 saturated carbocycles. The minimum Gasteiger partial charge on any atom is -0.379 e. The number of nitrogens with zero attached hydrogens (tertiary/aromatic N) is 2. The van der Waals surface area contributed by atoms with Crippen molar-refractivity contribution in [3.05, 3.63) is 36.2 Å². The molecule has 0 fully saturated rings. The molecule has 1 N–H and O–H groups in total. The molecule has 72 valence electrons. The Hall–Kier alpha value is -1.82. The standard InChI is InChI=1S/C11H13N3/c1-3-9(2)8-14-10-5-4-6-13-11(10)7-12/h4-6,14H,2-3,8H2,1H3. The maximum absolute atomic E-state index is 8.77. The van der Waals surface area contributed by atoms with E-state index in [0.717, 1.165) is 17.7 Å². The van der Waals surface area contributed by atoms with Gasteiger partial charge in [-0.2, -0.15) is 5.26 Å². The van der Waals surface area contributed by atoms with Gasteiger partial charge in [-0.1, -0.05) is 19.1 Å². The summed E-state index contributed by atoms with van der Waals surface area (Å²) in [6.07, 6.45) is 2.55. The van der Waals surface area contributed by atoms with Crippen LogP contribution in [-0.4, -0.2) is 11.5 Å². The van der Waals surface area contributed by atoms with Crippen molar-refractivity contribution >= 4 is 5.69 Å². The minimum atomic E-state index is 0.427. The van der Waals surface area contributed by atoms with E-state index in [1.54, 1.807) is 12.3 Å². The van der Waals surface area contributed by atoms with Gasteiger partial charge in [-0.05, 0) is 18.6 Å². The van der Waals surface area contributed by atoms with Gasteiger partial charge in [0.1, 0.15) is 6.07 Å². The molecule has 0 aliphatic rings. The monoisotopic (exact) mass is 187 g/mol. The van der Waals surface area contributed by atoms with Gasteiger partial charge in [0.2, 0.25) is 0 Å². The first kappa shape index (κ1) is 10.3. The third-order valence-corrected chi connectivity index (χ3v) is 1.94. The molecule has 3 heteroatoms. The Balaban J connectivity index is 2.68. The van der Waals surface area contributed by atoms with Crippen LogP contribution in [0.25, 0.3) is 0 Å². The van der Waals surface area contributed by atoms with E-state index in [9.17, 15) is 0 Å². The first-order valence-electron chi connectivity index (χ1n) is 4.53. The smallest absolute Gasteiger partial charge is 0.163 e. The average molecular weight is 187 g/mol. The van der Waals surface area contributed by atoms with Gasteiger partial charge in [0.15, 0.2) is 5.69 Å². The van der Waals surface area contributed by atoms with Crippen LogP contribution < -0.4 is 5.32 Å². The lowest BCUT2D eigenvalue weighted by molar-refractivity contribution is 1.05. The second kappa shape index (κ2) is 5.03. The predicted molar refractivity (Wildman–Crippen MR) is 56.9 cm³/mol. The zero-order valence-electron chi connectivity index (χ0n) is 8.25. The summed E-state index contributed by atoms with van der Waals surface area (Å²) in [5.41, 5.74) is 2.30. The molecule has 3 nitrogen and oxygen atoms in total. The SMILES string of the molecule is C=C(CC)CNc1cccnc1C#N. The van der Waals surface area contributed by atoms with Crippen LogP contribution in [0.2, 0.25) is 0 Å². The van der Waals surface area contributed by atoms with E-state index in [-0.39, 0.29) is 0 Å². The molecule has 0 atom stereocenters. The largest absolute Gasteiger partial charge is 0.379 e. The molecule has 0 unspecified atom stereocenters. The van der Waals surface area contributed by atoms with E-state index in [0.29, 0.717) is 12.2 Å². The lowest BCUT2D eigenvalue weighted by atomic mass is 10.2. The van der Waals surface area contributed by atoms with Crippen LogP contribution in [0.1, 0.15) is 19.0 Å². The molecule has 1 rings (SSSR count). The summed E-state index contributed by atoms with van der Waals surface area (Å²) in [6, 6.07) is 5.68. The Kier molecular flexibility index (Phi) is 3.69. The maximum Gasteiger partial charge on any atom is 0.163 e. The Morgan fingerprint density at radius 1 is 1.71 bits per heavy atom. The van der Waals surface area contributed by atoms with E-state index < -0.39 is 0 Å². The molecule has 14 heavy (non-hydrogen) atoms. The summed E-state index contributed by atoms with van der Waals surface area (Å²) in [6.45, 7) is 6.62. The summed E-state index contributed by atoms with van der Waals surface area (Å²) in [7, 11) is 0. The molecule has 0 spiro atoms. The van der Waals surface area contributed by atoms with E-state index >= 15 is 0 Å². The van der Waals surface area contributed by atoms with Crippen molar-refractivity contribution in [1.82, 2.24) is 4.98 Å². The topological polar surface area (TPSA) is 48.7 Å². The summed E-state index contributed by atoms with van der Waals surface area (Å²) < 4.78 is 0. The number of nitrogens with one attached hydrogen (secondary N) is 1. The predicted octanol–water partition coefficient (Wildman–Crippen LogP) is 2.33. The van der Waals surface area contributed by atoms with E-state index in [1.807, 2.05) is 12.1 Å². The number of rotatable bonds is 4. The number of pyridine rings is 1. The molecular weight excluding hydrogens is 174 g/mol. The van der Waals surface area contributed by atoms with Crippen molar-refractivity contribution in [1.29, 1.82) is 5.26 Å². The van der Waals surface area contributed by atoms with Crippen LogP contribution in [0, 0.1) is 11.3 Å². The third-order valence-electron chi connectivity index (χ3n) is 1.94. The quantitative estimate of drug-likeness (QED) is 0.736. The highest BCUT2D eigenvalue weighted by atomic mass is 14.9. The molecule has 0 bridgehead atoms. The fourth-order valence-electron chi connectivity index (χ4n) is 0.982. The van der Waals surface area contributed by atoms with Gasteiger partial charge in [-0.25, -0.2) is 4.98 Å². The molecular formula is C11H13N3. The van der Waals surface area contributed by atoms with Crippen LogP contribution in [0.5, 0.6) is 0 Å². The van der Waals surface area contributed by atoms with Crippen molar-refractivity contribution in [2.75, 3.05) is 11.9 Å². The summed E-state index contributed by atoms with van der Waals surface area (Å²) in [5, 5.41) is 11.9. The average Bonchev–Trinajstić information content (AvgIpc) is 2.26. The van der Waals surface area contributed by atoms with Crippen LogP contribution >= 0.6 is 0 Å². The van der Waals surface area contributed by atoms with Gasteiger partial charge in [-0.15, -0.1) is 0 Å². The van der Waals surface area contributed by atoms with Gasteiger partial charge in [0.05, 0.1) is 5.69 Å². The highest BCUT2D eigenvalue weighted by molar-refractivity contribution is 5.53. The lowest BCUT2D eigenvalue weighted by Gasteiger charge is -2.07. The Bertz CT molecular complexity index is 363. The third kappa shape index (κ3) is 2.60. The molecule has 1 aromatic heterocycles. The van der Waals surface area contributed by atoms with E-state index in [1.165, 1.54) is 0 Å². The zero-order chi connectivity index (χ0) is 10.4. The first-order valence-corrected chi connectivity index (χ1v) is 4.53. The molecule has 0 saturated heterocycles. The fraction of sp³-hybridized carbons (Fsp3) is 0.273. The number of anilines is 1. The van der Waals surface area contributed by atoms with Gasteiger partial charge in [0.25, 0.3) is 0 Å². The first-order chi connectivity index (χ1) is 6.77. The van der Waals surface area contributed by atoms with Crippen LogP contribution in [0.3, 0.4) is 0 Å².